The molecule has 0 atom stereocenters. The maximum atomic E-state index is 4.48. The van der Waals surface area contributed by atoms with Gasteiger partial charge in [-0.15, -0.1) is 0 Å². The molecular formula is C18H15IN2. The van der Waals surface area contributed by atoms with Crippen molar-refractivity contribution in [2.24, 2.45) is 0 Å². The molecule has 2 aromatic carbocycles. The zero-order valence-electron chi connectivity index (χ0n) is 11.7. The van der Waals surface area contributed by atoms with E-state index in [9.17, 15) is 0 Å². The molecular weight excluding hydrogens is 371 g/mol. The van der Waals surface area contributed by atoms with Gasteiger partial charge in [0, 0.05) is 21.0 Å². The van der Waals surface area contributed by atoms with Crippen LogP contribution in [0.2, 0.25) is 0 Å². The number of halogens is 1. The minimum atomic E-state index is 0.854. The molecule has 1 aromatic heterocycles. The quantitative estimate of drug-likeness (QED) is 0.610. The highest BCUT2D eigenvalue weighted by Crippen LogP contribution is 2.22. The molecule has 104 valence electrons. The summed E-state index contributed by atoms with van der Waals surface area (Å²) >= 11 is 2.30. The van der Waals surface area contributed by atoms with Gasteiger partial charge in [-0.05, 0) is 71.5 Å². The molecule has 1 heterocycles. The van der Waals surface area contributed by atoms with E-state index in [-0.39, 0.29) is 0 Å². The number of aromatic nitrogens is 1. The first-order chi connectivity index (χ1) is 10.2. The number of rotatable bonds is 3. The number of benzene rings is 2. The van der Waals surface area contributed by atoms with Crippen LogP contribution in [0.15, 0.2) is 66.9 Å². The number of hydrogen-bond acceptors (Lipinski definition) is 2. The van der Waals surface area contributed by atoms with Gasteiger partial charge in [-0.1, -0.05) is 29.8 Å². The van der Waals surface area contributed by atoms with Crippen LogP contribution in [0.25, 0.3) is 11.1 Å². The van der Waals surface area contributed by atoms with Crippen LogP contribution in [0.3, 0.4) is 0 Å². The van der Waals surface area contributed by atoms with E-state index in [0.717, 1.165) is 17.1 Å². The molecule has 0 fully saturated rings. The lowest BCUT2D eigenvalue weighted by atomic mass is 10.1. The molecule has 0 amide bonds. The molecule has 0 saturated heterocycles. The number of anilines is 2. The Morgan fingerprint density at radius 3 is 2.10 bits per heavy atom. The largest absolute Gasteiger partial charge is 0.340 e. The van der Waals surface area contributed by atoms with E-state index in [4.69, 9.17) is 0 Å². The van der Waals surface area contributed by atoms with Crippen molar-refractivity contribution in [1.29, 1.82) is 0 Å². The first-order valence-corrected chi connectivity index (χ1v) is 7.84. The van der Waals surface area contributed by atoms with Gasteiger partial charge in [0.25, 0.3) is 0 Å². The normalized spacial score (nSPS) is 10.4. The van der Waals surface area contributed by atoms with Crippen molar-refractivity contribution >= 4 is 34.1 Å². The maximum absolute atomic E-state index is 4.48. The van der Waals surface area contributed by atoms with Crippen LogP contribution in [0.4, 0.5) is 11.5 Å². The number of hydrogen-bond donors (Lipinski definition) is 1. The van der Waals surface area contributed by atoms with Gasteiger partial charge in [0.2, 0.25) is 0 Å². The van der Waals surface area contributed by atoms with Crippen LogP contribution in [-0.2, 0) is 0 Å². The van der Waals surface area contributed by atoms with Gasteiger partial charge >= 0.3 is 0 Å². The van der Waals surface area contributed by atoms with Crippen LogP contribution < -0.4 is 5.32 Å². The molecule has 0 bridgehead atoms. The van der Waals surface area contributed by atoms with Crippen LogP contribution in [0.1, 0.15) is 5.56 Å². The van der Waals surface area contributed by atoms with Crippen molar-refractivity contribution in [2.75, 3.05) is 5.32 Å². The van der Waals surface area contributed by atoms with E-state index in [2.05, 4.69) is 94.4 Å². The topological polar surface area (TPSA) is 24.9 Å². The number of nitrogens with one attached hydrogen (secondary N) is 1. The molecule has 0 spiro atoms. The average Bonchev–Trinajstić information content (AvgIpc) is 2.51. The van der Waals surface area contributed by atoms with E-state index >= 15 is 0 Å². The van der Waals surface area contributed by atoms with Gasteiger partial charge in [0.1, 0.15) is 5.82 Å². The van der Waals surface area contributed by atoms with Crippen LogP contribution in [-0.4, -0.2) is 4.98 Å². The van der Waals surface area contributed by atoms with Gasteiger partial charge in [0.15, 0.2) is 0 Å². The van der Waals surface area contributed by atoms with E-state index < -0.39 is 0 Å². The van der Waals surface area contributed by atoms with Crippen molar-refractivity contribution in [3.63, 3.8) is 0 Å². The summed E-state index contributed by atoms with van der Waals surface area (Å²) < 4.78 is 1.22. The SMILES string of the molecule is Cc1ccc(-c2ccc(Nc3ccc(I)cc3)nc2)cc1. The van der Waals surface area contributed by atoms with Crippen molar-refractivity contribution in [3.8, 4) is 11.1 Å². The fourth-order valence-electron chi connectivity index (χ4n) is 2.07. The van der Waals surface area contributed by atoms with Gasteiger partial charge < -0.3 is 5.32 Å². The van der Waals surface area contributed by atoms with E-state index in [1.807, 2.05) is 12.3 Å². The maximum Gasteiger partial charge on any atom is 0.130 e. The standard InChI is InChI=1S/C18H15IN2/c1-13-2-4-14(5-3-13)15-6-11-18(20-12-15)21-17-9-7-16(19)8-10-17/h2-12H,1H3,(H,20,21). The second-order valence-corrected chi connectivity index (χ2v) is 6.18. The molecule has 0 aliphatic heterocycles. The van der Waals surface area contributed by atoms with Crippen molar-refractivity contribution < 1.29 is 0 Å². The molecule has 2 nitrogen and oxygen atoms in total. The Kier molecular flexibility index (Phi) is 4.20. The molecule has 3 heteroatoms. The first kappa shape index (κ1) is 14.1. The molecule has 0 aliphatic rings. The number of aryl methyl sites for hydroxylation is 1. The Balaban J connectivity index is 1.77. The van der Waals surface area contributed by atoms with E-state index in [1.165, 1.54) is 14.7 Å². The first-order valence-electron chi connectivity index (χ1n) is 6.76. The second kappa shape index (κ2) is 6.26. The molecule has 0 unspecified atom stereocenters. The molecule has 3 aromatic rings. The third kappa shape index (κ3) is 3.61. The summed E-state index contributed by atoms with van der Waals surface area (Å²) in [5.41, 5.74) is 4.63. The fourth-order valence-corrected chi connectivity index (χ4v) is 2.43. The molecule has 1 N–H and O–H groups in total. The Hall–Kier alpha value is -1.88. The summed E-state index contributed by atoms with van der Waals surface area (Å²) in [5.74, 6) is 0.854. The Bertz CT molecular complexity index is 717. The predicted octanol–water partition coefficient (Wildman–Crippen LogP) is 5.41. The lowest BCUT2D eigenvalue weighted by Gasteiger charge is -2.07. The lowest BCUT2D eigenvalue weighted by molar-refractivity contribution is 1.31. The molecule has 0 radical (unpaired) electrons. The van der Waals surface area contributed by atoms with Gasteiger partial charge in [-0.3, -0.25) is 0 Å². The minimum Gasteiger partial charge on any atom is -0.340 e. The van der Waals surface area contributed by atoms with Crippen LogP contribution >= 0.6 is 22.6 Å². The zero-order chi connectivity index (χ0) is 14.7. The third-order valence-corrected chi connectivity index (χ3v) is 3.98. The summed E-state index contributed by atoms with van der Waals surface area (Å²) in [4.78, 5) is 4.48. The Morgan fingerprint density at radius 2 is 1.48 bits per heavy atom. The average molecular weight is 386 g/mol. The number of nitrogens with zero attached hydrogens (tertiary/aromatic N) is 1. The second-order valence-electron chi connectivity index (χ2n) is 4.93. The summed E-state index contributed by atoms with van der Waals surface area (Å²) in [6.07, 6.45) is 1.90. The predicted molar refractivity (Wildman–Crippen MR) is 96.9 cm³/mol. The summed E-state index contributed by atoms with van der Waals surface area (Å²) in [7, 11) is 0. The molecule has 3 rings (SSSR count). The smallest absolute Gasteiger partial charge is 0.130 e. The Labute approximate surface area is 138 Å². The molecule has 21 heavy (non-hydrogen) atoms. The van der Waals surface area contributed by atoms with Gasteiger partial charge in [-0.2, -0.15) is 0 Å². The van der Waals surface area contributed by atoms with Crippen molar-refractivity contribution in [3.05, 3.63) is 76.0 Å². The van der Waals surface area contributed by atoms with E-state index in [0.29, 0.717) is 0 Å². The van der Waals surface area contributed by atoms with Gasteiger partial charge in [-0.25, -0.2) is 4.98 Å². The lowest BCUT2D eigenvalue weighted by Crippen LogP contribution is -1.93. The van der Waals surface area contributed by atoms with Crippen LogP contribution in [0.5, 0.6) is 0 Å². The van der Waals surface area contributed by atoms with Crippen molar-refractivity contribution in [2.45, 2.75) is 6.92 Å². The summed E-state index contributed by atoms with van der Waals surface area (Å²) in [6.45, 7) is 2.09. The molecule has 0 aliphatic carbocycles. The Morgan fingerprint density at radius 1 is 0.810 bits per heavy atom. The highest BCUT2D eigenvalue weighted by Gasteiger charge is 2.00. The number of pyridine rings is 1. The molecule has 0 saturated carbocycles. The highest BCUT2D eigenvalue weighted by molar-refractivity contribution is 14.1. The summed E-state index contributed by atoms with van der Waals surface area (Å²) in [5, 5.41) is 3.30. The third-order valence-electron chi connectivity index (χ3n) is 3.27. The van der Waals surface area contributed by atoms with E-state index in [1.54, 1.807) is 0 Å². The van der Waals surface area contributed by atoms with Gasteiger partial charge in [0.05, 0.1) is 0 Å². The highest BCUT2D eigenvalue weighted by atomic mass is 127. The van der Waals surface area contributed by atoms with Crippen LogP contribution in [0, 0.1) is 10.5 Å². The van der Waals surface area contributed by atoms with Crippen molar-refractivity contribution in [1.82, 2.24) is 4.98 Å². The fraction of sp³-hybridized carbons (Fsp3) is 0.0556. The zero-order valence-corrected chi connectivity index (χ0v) is 13.8. The summed E-state index contributed by atoms with van der Waals surface area (Å²) in [6, 6.07) is 20.8. The minimum absolute atomic E-state index is 0.854. The monoisotopic (exact) mass is 386 g/mol.